The highest BCUT2D eigenvalue weighted by Crippen LogP contribution is 2.27. The Morgan fingerprint density at radius 3 is 2.35 bits per heavy atom. The lowest BCUT2D eigenvalue weighted by Gasteiger charge is -2.18. The normalized spacial score (nSPS) is 12.7. The predicted molar refractivity (Wildman–Crippen MR) is 83.9 cm³/mol. The summed E-state index contributed by atoms with van der Waals surface area (Å²) in [5.41, 5.74) is 0.418. The molecule has 1 unspecified atom stereocenters. The second-order valence-electron chi connectivity index (χ2n) is 5.19. The first-order valence-corrected chi connectivity index (χ1v) is 8.21. The zero-order valence-corrected chi connectivity index (χ0v) is 13.9. The average molecular weight is 348 g/mol. The first-order chi connectivity index (χ1) is 9.60. The zero-order valence-electron chi connectivity index (χ0n) is 12.3. The molecule has 0 aliphatic rings. The highest BCUT2D eigenvalue weighted by Gasteiger charge is 2.16. The molecule has 1 nitrogen and oxygen atoms in total. The summed E-state index contributed by atoms with van der Waals surface area (Å²) in [6.07, 6.45) is 8.03. The Kier molecular flexibility index (Phi) is 8.31. The van der Waals surface area contributed by atoms with Crippen LogP contribution in [0, 0.1) is 11.6 Å². The SMILES string of the molecule is CCCCCCCCC(NC)c1cc(F)c(Br)cc1F. The number of hydrogen-bond donors (Lipinski definition) is 1. The smallest absolute Gasteiger partial charge is 0.137 e. The molecule has 1 aromatic rings. The van der Waals surface area contributed by atoms with Crippen LogP contribution in [0.2, 0.25) is 0 Å². The summed E-state index contributed by atoms with van der Waals surface area (Å²) < 4.78 is 27.6. The van der Waals surface area contributed by atoms with E-state index in [1.54, 1.807) is 7.05 Å². The Bertz CT molecular complexity index is 410. The second kappa shape index (κ2) is 9.46. The lowest BCUT2D eigenvalue weighted by molar-refractivity contribution is 0.471. The first-order valence-electron chi connectivity index (χ1n) is 7.41. The van der Waals surface area contributed by atoms with E-state index >= 15 is 0 Å². The molecule has 0 aromatic heterocycles. The summed E-state index contributed by atoms with van der Waals surface area (Å²) in [5.74, 6) is -0.770. The van der Waals surface area contributed by atoms with Crippen molar-refractivity contribution in [1.82, 2.24) is 5.32 Å². The van der Waals surface area contributed by atoms with Gasteiger partial charge in [0, 0.05) is 11.6 Å². The van der Waals surface area contributed by atoms with E-state index in [2.05, 4.69) is 28.2 Å². The van der Waals surface area contributed by atoms with Crippen LogP contribution in [0.15, 0.2) is 16.6 Å². The van der Waals surface area contributed by atoms with Crippen molar-refractivity contribution >= 4 is 15.9 Å². The number of rotatable bonds is 9. The molecule has 1 atom stereocenters. The van der Waals surface area contributed by atoms with Crippen LogP contribution < -0.4 is 5.32 Å². The van der Waals surface area contributed by atoms with E-state index < -0.39 is 5.82 Å². The molecule has 1 N–H and O–H groups in total. The van der Waals surface area contributed by atoms with Crippen molar-refractivity contribution < 1.29 is 8.78 Å². The van der Waals surface area contributed by atoms with Crippen LogP contribution >= 0.6 is 15.9 Å². The maximum absolute atomic E-state index is 13.9. The minimum atomic E-state index is -0.412. The third kappa shape index (κ3) is 5.49. The van der Waals surface area contributed by atoms with Gasteiger partial charge in [0.05, 0.1) is 4.47 Å². The third-order valence-corrected chi connectivity index (χ3v) is 4.22. The third-order valence-electron chi connectivity index (χ3n) is 3.61. The second-order valence-corrected chi connectivity index (χ2v) is 6.04. The van der Waals surface area contributed by atoms with E-state index in [-0.39, 0.29) is 16.3 Å². The van der Waals surface area contributed by atoms with Crippen LogP contribution in [-0.2, 0) is 0 Å². The number of nitrogens with one attached hydrogen (secondary N) is 1. The summed E-state index contributed by atoms with van der Waals surface area (Å²) in [6.45, 7) is 2.20. The van der Waals surface area contributed by atoms with Crippen LogP contribution in [0.3, 0.4) is 0 Å². The van der Waals surface area contributed by atoms with Gasteiger partial charge in [-0.15, -0.1) is 0 Å². The molecular formula is C16H24BrF2N. The molecule has 1 aromatic carbocycles. The summed E-state index contributed by atoms with van der Waals surface area (Å²) in [4.78, 5) is 0. The molecule has 0 bridgehead atoms. The molecule has 0 radical (unpaired) electrons. The van der Waals surface area contributed by atoms with Gasteiger partial charge in [0.1, 0.15) is 11.6 Å². The van der Waals surface area contributed by atoms with Gasteiger partial charge in [0.2, 0.25) is 0 Å². The van der Waals surface area contributed by atoms with Crippen LogP contribution in [0.4, 0.5) is 8.78 Å². The number of halogens is 3. The van der Waals surface area contributed by atoms with Crippen molar-refractivity contribution in [2.45, 2.75) is 57.9 Å². The number of unbranched alkanes of at least 4 members (excludes halogenated alkanes) is 5. The van der Waals surface area contributed by atoms with Crippen molar-refractivity contribution in [3.8, 4) is 0 Å². The van der Waals surface area contributed by atoms with Gasteiger partial charge in [-0.05, 0) is 41.5 Å². The zero-order chi connectivity index (χ0) is 15.0. The highest BCUT2D eigenvalue weighted by molar-refractivity contribution is 9.10. The Morgan fingerprint density at radius 1 is 1.05 bits per heavy atom. The van der Waals surface area contributed by atoms with Gasteiger partial charge < -0.3 is 5.32 Å². The molecule has 0 aliphatic carbocycles. The molecule has 0 amide bonds. The van der Waals surface area contributed by atoms with Gasteiger partial charge in [-0.25, -0.2) is 8.78 Å². The van der Waals surface area contributed by atoms with Crippen LogP contribution in [0.5, 0.6) is 0 Å². The Labute approximate surface area is 129 Å². The molecule has 20 heavy (non-hydrogen) atoms. The topological polar surface area (TPSA) is 12.0 Å². The first kappa shape index (κ1) is 17.6. The van der Waals surface area contributed by atoms with Gasteiger partial charge in [0.25, 0.3) is 0 Å². The maximum atomic E-state index is 13.9. The monoisotopic (exact) mass is 347 g/mol. The lowest BCUT2D eigenvalue weighted by atomic mass is 9.99. The fraction of sp³-hybridized carbons (Fsp3) is 0.625. The fourth-order valence-electron chi connectivity index (χ4n) is 2.39. The quantitative estimate of drug-likeness (QED) is 0.443. The Hall–Kier alpha value is -0.480. The van der Waals surface area contributed by atoms with E-state index in [1.807, 2.05) is 0 Å². The van der Waals surface area contributed by atoms with Crippen molar-refractivity contribution in [2.24, 2.45) is 0 Å². The summed E-state index contributed by atoms with van der Waals surface area (Å²) in [5, 5.41) is 3.09. The van der Waals surface area contributed by atoms with E-state index in [0.717, 1.165) is 19.3 Å². The number of benzene rings is 1. The fourth-order valence-corrected chi connectivity index (χ4v) is 2.70. The van der Waals surface area contributed by atoms with Gasteiger partial charge >= 0.3 is 0 Å². The Balaban J connectivity index is 2.52. The van der Waals surface area contributed by atoms with E-state index in [9.17, 15) is 8.78 Å². The van der Waals surface area contributed by atoms with Crippen molar-refractivity contribution in [2.75, 3.05) is 7.05 Å². The largest absolute Gasteiger partial charge is 0.313 e. The van der Waals surface area contributed by atoms with Gasteiger partial charge in [-0.2, -0.15) is 0 Å². The molecule has 4 heteroatoms. The Morgan fingerprint density at radius 2 is 1.70 bits per heavy atom. The lowest BCUT2D eigenvalue weighted by Crippen LogP contribution is -2.18. The van der Waals surface area contributed by atoms with Crippen LogP contribution in [0.1, 0.15) is 63.5 Å². The summed E-state index contributed by atoms with van der Waals surface area (Å²) in [7, 11) is 1.79. The van der Waals surface area contributed by atoms with Crippen molar-refractivity contribution in [1.29, 1.82) is 0 Å². The van der Waals surface area contributed by atoms with E-state index in [0.29, 0.717) is 5.56 Å². The van der Waals surface area contributed by atoms with Gasteiger partial charge in [-0.1, -0.05) is 45.4 Å². The molecule has 0 fully saturated rings. The molecular weight excluding hydrogens is 324 g/mol. The van der Waals surface area contributed by atoms with Gasteiger partial charge in [0.15, 0.2) is 0 Å². The van der Waals surface area contributed by atoms with Crippen LogP contribution in [-0.4, -0.2) is 7.05 Å². The summed E-state index contributed by atoms with van der Waals surface area (Å²) in [6, 6.07) is 2.37. The highest BCUT2D eigenvalue weighted by atomic mass is 79.9. The molecule has 114 valence electrons. The van der Waals surface area contributed by atoms with Crippen LogP contribution in [0.25, 0.3) is 0 Å². The van der Waals surface area contributed by atoms with Gasteiger partial charge in [-0.3, -0.25) is 0 Å². The average Bonchev–Trinajstić information content (AvgIpc) is 2.43. The molecule has 0 saturated heterocycles. The predicted octanol–water partition coefficient (Wildman–Crippen LogP) is 5.74. The molecule has 0 heterocycles. The standard InChI is InChI=1S/C16H24BrF2N/c1-3-4-5-6-7-8-9-16(20-2)12-10-15(19)13(17)11-14(12)18/h10-11,16,20H,3-9H2,1-2H3. The summed E-state index contributed by atoms with van der Waals surface area (Å²) >= 11 is 3.00. The van der Waals surface area contributed by atoms with Crippen molar-refractivity contribution in [3.05, 3.63) is 33.8 Å². The maximum Gasteiger partial charge on any atom is 0.137 e. The van der Waals surface area contributed by atoms with Crippen molar-refractivity contribution in [3.63, 3.8) is 0 Å². The molecule has 1 rings (SSSR count). The number of hydrogen-bond acceptors (Lipinski definition) is 1. The van der Waals surface area contributed by atoms with E-state index in [4.69, 9.17) is 0 Å². The molecule has 0 aliphatic heterocycles. The molecule has 0 spiro atoms. The minimum Gasteiger partial charge on any atom is -0.313 e. The molecule has 0 saturated carbocycles. The van der Waals surface area contributed by atoms with E-state index in [1.165, 1.54) is 37.8 Å². The minimum absolute atomic E-state index is 0.122.